The minimum absolute atomic E-state index is 0.0237. The summed E-state index contributed by atoms with van der Waals surface area (Å²) in [4.78, 5) is 38.9. The molecule has 2 fully saturated rings. The van der Waals surface area contributed by atoms with Gasteiger partial charge in [-0.1, -0.05) is 12.2 Å². The second-order valence-electron chi connectivity index (χ2n) is 8.49. The quantitative estimate of drug-likeness (QED) is 0.662. The first-order chi connectivity index (χ1) is 13.5. The summed E-state index contributed by atoms with van der Waals surface area (Å²) < 4.78 is 0. The number of allylic oxidation sites excluding steroid dienone is 2. The number of carboxylic acid groups (broad SMARTS) is 1. The van der Waals surface area contributed by atoms with Crippen molar-refractivity contribution < 1.29 is 19.5 Å². The van der Waals surface area contributed by atoms with Crippen LogP contribution >= 0.6 is 11.3 Å². The largest absolute Gasteiger partial charge is 0.481 e. The maximum absolute atomic E-state index is 13.1. The monoisotopic (exact) mass is 400 g/mol. The predicted molar refractivity (Wildman–Crippen MR) is 105 cm³/mol. The Morgan fingerprint density at radius 1 is 1.04 bits per heavy atom. The van der Waals surface area contributed by atoms with Gasteiger partial charge in [0.25, 0.3) is 5.91 Å². The summed E-state index contributed by atoms with van der Waals surface area (Å²) in [6, 6.07) is 0.252. The van der Waals surface area contributed by atoms with Gasteiger partial charge in [-0.3, -0.25) is 14.4 Å². The van der Waals surface area contributed by atoms with E-state index in [4.69, 9.17) is 0 Å². The van der Waals surface area contributed by atoms with Gasteiger partial charge in [-0.25, -0.2) is 0 Å². The van der Waals surface area contributed by atoms with Crippen LogP contribution in [0, 0.1) is 23.7 Å². The molecule has 4 aliphatic carbocycles. The fourth-order valence-electron chi connectivity index (χ4n) is 5.09. The van der Waals surface area contributed by atoms with Crippen molar-refractivity contribution in [2.24, 2.45) is 23.7 Å². The summed E-state index contributed by atoms with van der Waals surface area (Å²) in [5, 5.41) is 16.3. The van der Waals surface area contributed by atoms with Gasteiger partial charge in [0.2, 0.25) is 5.91 Å². The molecule has 1 heterocycles. The summed E-state index contributed by atoms with van der Waals surface area (Å²) in [6.07, 6.45) is 10.6. The van der Waals surface area contributed by atoms with E-state index < -0.39 is 17.8 Å². The molecular weight excluding hydrogens is 376 g/mol. The maximum atomic E-state index is 13.1. The standard InChI is InChI=1S/C21H24N2O4S/c24-18(15-10-5-6-11(9-10)16(15)21(26)27)23-20-17(19(25)22-12-7-8-12)13-3-1-2-4-14(13)28-20/h5-6,10-12,15-16H,1-4,7-9H2,(H,22,25)(H,23,24)(H,26,27)/t10-,11-,15-,16-/m0/s1. The van der Waals surface area contributed by atoms with E-state index in [2.05, 4.69) is 10.6 Å². The molecule has 0 radical (unpaired) electrons. The molecule has 0 spiro atoms. The highest BCUT2D eigenvalue weighted by Gasteiger charge is 2.51. The number of rotatable bonds is 5. The highest BCUT2D eigenvalue weighted by molar-refractivity contribution is 7.17. The second-order valence-corrected chi connectivity index (χ2v) is 9.60. The number of carbonyl (C=O) groups is 3. The van der Waals surface area contributed by atoms with E-state index in [9.17, 15) is 19.5 Å². The van der Waals surface area contributed by atoms with E-state index >= 15 is 0 Å². The van der Waals surface area contributed by atoms with Crippen molar-refractivity contribution in [3.8, 4) is 0 Å². The molecule has 5 rings (SSSR count). The highest BCUT2D eigenvalue weighted by Crippen LogP contribution is 2.49. The van der Waals surface area contributed by atoms with Crippen LogP contribution in [0.2, 0.25) is 0 Å². The summed E-state index contributed by atoms with van der Waals surface area (Å²) >= 11 is 1.50. The van der Waals surface area contributed by atoms with Crippen LogP contribution < -0.4 is 10.6 Å². The van der Waals surface area contributed by atoms with E-state index in [-0.39, 0.29) is 29.7 Å². The molecule has 3 N–H and O–H groups in total. The third-order valence-electron chi connectivity index (χ3n) is 6.59. The molecule has 0 unspecified atom stereocenters. The molecule has 1 aromatic rings. The maximum Gasteiger partial charge on any atom is 0.307 e. The van der Waals surface area contributed by atoms with Crippen LogP contribution in [-0.2, 0) is 22.4 Å². The smallest absolute Gasteiger partial charge is 0.307 e. The predicted octanol–water partition coefficient (Wildman–Crippen LogP) is 2.98. The van der Waals surface area contributed by atoms with Crippen molar-refractivity contribution in [2.45, 2.75) is 51.0 Å². The Morgan fingerprint density at radius 2 is 1.75 bits per heavy atom. The van der Waals surface area contributed by atoms with Gasteiger partial charge in [-0.05, 0) is 62.3 Å². The lowest BCUT2D eigenvalue weighted by Crippen LogP contribution is -2.36. The van der Waals surface area contributed by atoms with Crippen LogP contribution in [0.15, 0.2) is 12.2 Å². The molecule has 0 aromatic carbocycles. The summed E-state index contributed by atoms with van der Waals surface area (Å²) in [7, 11) is 0. The van der Waals surface area contributed by atoms with Gasteiger partial charge in [0.1, 0.15) is 5.00 Å². The van der Waals surface area contributed by atoms with Crippen LogP contribution in [0.4, 0.5) is 5.00 Å². The first-order valence-electron chi connectivity index (χ1n) is 10.2. The van der Waals surface area contributed by atoms with Gasteiger partial charge >= 0.3 is 5.97 Å². The summed E-state index contributed by atoms with van der Waals surface area (Å²) in [5.74, 6) is -2.59. The number of amides is 2. The van der Waals surface area contributed by atoms with Gasteiger partial charge in [-0.15, -0.1) is 11.3 Å². The Hall–Kier alpha value is -2.15. The molecule has 6 nitrogen and oxygen atoms in total. The van der Waals surface area contributed by atoms with Gasteiger partial charge < -0.3 is 15.7 Å². The summed E-state index contributed by atoms with van der Waals surface area (Å²) in [6.45, 7) is 0. The van der Waals surface area contributed by atoms with Crippen LogP contribution in [-0.4, -0.2) is 28.9 Å². The number of carboxylic acids is 1. The van der Waals surface area contributed by atoms with Crippen molar-refractivity contribution >= 4 is 34.1 Å². The van der Waals surface area contributed by atoms with Crippen LogP contribution in [0.3, 0.4) is 0 Å². The van der Waals surface area contributed by atoms with Crippen molar-refractivity contribution in [1.29, 1.82) is 0 Å². The van der Waals surface area contributed by atoms with E-state index in [1.807, 2.05) is 12.2 Å². The number of nitrogens with one attached hydrogen (secondary N) is 2. The molecule has 4 atom stereocenters. The van der Waals surface area contributed by atoms with Crippen LogP contribution in [0.1, 0.15) is 52.9 Å². The van der Waals surface area contributed by atoms with E-state index in [1.165, 1.54) is 16.2 Å². The zero-order chi connectivity index (χ0) is 19.4. The first-order valence-corrected chi connectivity index (χ1v) is 11.0. The van der Waals surface area contributed by atoms with Crippen molar-refractivity contribution in [3.05, 3.63) is 28.2 Å². The van der Waals surface area contributed by atoms with Crippen LogP contribution in [0.5, 0.6) is 0 Å². The molecule has 4 aliphatic rings. The van der Waals surface area contributed by atoms with Crippen LogP contribution in [0.25, 0.3) is 0 Å². The molecule has 2 bridgehead atoms. The van der Waals surface area contributed by atoms with E-state index in [0.717, 1.165) is 50.5 Å². The zero-order valence-corrected chi connectivity index (χ0v) is 16.4. The molecule has 7 heteroatoms. The fraction of sp³-hybridized carbons (Fsp3) is 0.571. The molecule has 2 saturated carbocycles. The third-order valence-corrected chi connectivity index (χ3v) is 7.80. The van der Waals surface area contributed by atoms with Crippen molar-refractivity contribution in [1.82, 2.24) is 5.32 Å². The van der Waals surface area contributed by atoms with Gasteiger partial charge in [-0.2, -0.15) is 0 Å². The van der Waals surface area contributed by atoms with Gasteiger partial charge in [0.15, 0.2) is 0 Å². The Bertz CT molecular complexity index is 885. The molecule has 0 saturated heterocycles. The van der Waals surface area contributed by atoms with E-state index in [0.29, 0.717) is 10.6 Å². The lowest BCUT2D eigenvalue weighted by atomic mass is 9.82. The number of aliphatic carboxylic acids is 1. The minimum atomic E-state index is -0.908. The first kappa shape index (κ1) is 17.9. The molecular formula is C21H24N2O4S. The fourth-order valence-corrected chi connectivity index (χ4v) is 6.38. The summed E-state index contributed by atoms with van der Waals surface area (Å²) in [5.41, 5.74) is 1.69. The Balaban J connectivity index is 1.43. The molecule has 148 valence electrons. The second kappa shape index (κ2) is 6.72. The zero-order valence-electron chi connectivity index (χ0n) is 15.6. The SMILES string of the molecule is O=C(NC1CC1)c1c(NC(=O)[C@@H]2[C@@H](C(=O)O)[C@H]3C=C[C@H]2C3)sc2c1CCCC2. The Labute approximate surface area is 167 Å². The number of hydrogen-bond donors (Lipinski definition) is 3. The van der Waals surface area contributed by atoms with Gasteiger partial charge in [0.05, 0.1) is 17.4 Å². The average Bonchev–Trinajstić information content (AvgIpc) is 3.10. The number of hydrogen-bond acceptors (Lipinski definition) is 4. The highest BCUT2D eigenvalue weighted by atomic mass is 32.1. The lowest BCUT2D eigenvalue weighted by molar-refractivity contribution is -0.146. The van der Waals surface area contributed by atoms with Crippen molar-refractivity contribution in [3.63, 3.8) is 0 Å². The lowest BCUT2D eigenvalue weighted by Gasteiger charge is -2.23. The Morgan fingerprint density at radius 3 is 2.46 bits per heavy atom. The molecule has 0 aliphatic heterocycles. The number of fused-ring (bicyclic) bond motifs is 3. The van der Waals surface area contributed by atoms with E-state index in [1.54, 1.807) is 0 Å². The number of aryl methyl sites for hydroxylation is 1. The molecule has 2 amide bonds. The minimum Gasteiger partial charge on any atom is -0.481 e. The van der Waals surface area contributed by atoms with Crippen molar-refractivity contribution in [2.75, 3.05) is 5.32 Å². The third kappa shape index (κ3) is 2.96. The Kier molecular flexibility index (Phi) is 4.30. The van der Waals surface area contributed by atoms with Gasteiger partial charge in [0, 0.05) is 10.9 Å². The number of anilines is 1. The topological polar surface area (TPSA) is 95.5 Å². The molecule has 1 aromatic heterocycles. The number of carbonyl (C=O) groups excluding carboxylic acids is 2. The number of thiophene rings is 1. The molecule has 28 heavy (non-hydrogen) atoms. The average molecular weight is 401 g/mol. The normalized spacial score (nSPS) is 30.1.